The van der Waals surface area contributed by atoms with Crippen LogP contribution in [0.4, 0.5) is 0 Å². The first-order chi connectivity index (χ1) is 20.4. The molecule has 9 heteroatoms. The summed E-state index contributed by atoms with van der Waals surface area (Å²) in [5.74, 6) is -0.178. The lowest BCUT2D eigenvalue weighted by Crippen LogP contribution is -2.36. The Morgan fingerprint density at radius 2 is 1.86 bits per heavy atom. The minimum atomic E-state index is -0.212. The lowest BCUT2D eigenvalue weighted by atomic mass is 9.92. The number of hydrogen-bond acceptors (Lipinski definition) is 5. The topological polar surface area (TPSA) is 104 Å². The van der Waals surface area contributed by atoms with Gasteiger partial charge in [-0.15, -0.1) is 0 Å². The number of carbonyl (C=O) groups excluding carboxylic acids is 3. The van der Waals surface area contributed by atoms with Crippen LogP contribution in [-0.4, -0.2) is 46.7 Å². The summed E-state index contributed by atoms with van der Waals surface area (Å²) in [7, 11) is 0. The first kappa shape index (κ1) is 26.3. The van der Waals surface area contributed by atoms with Gasteiger partial charge in [0.15, 0.2) is 0 Å². The molecule has 1 fully saturated rings. The quantitative estimate of drug-likeness (QED) is 0.171. The number of carbonyl (C=O) groups is 3. The van der Waals surface area contributed by atoms with Gasteiger partial charge in [0, 0.05) is 46.6 Å². The van der Waals surface area contributed by atoms with E-state index >= 15 is 0 Å². The molecule has 2 aromatic heterocycles. The molecular formula is C33H32N4O5. The van der Waals surface area contributed by atoms with Gasteiger partial charge in [0.1, 0.15) is 6.23 Å². The van der Waals surface area contributed by atoms with Gasteiger partial charge in [-0.05, 0) is 44.0 Å². The van der Waals surface area contributed by atoms with E-state index < -0.39 is 0 Å². The molecule has 0 radical (unpaired) electrons. The van der Waals surface area contributed by atoms with E-state index in [0.29, 0.717) is 32.6 Å². The third-order valence-corrected chi connectivity index (χ3v) is 9.13. The maximum atomic E-state index is 13.1. The SMILES string of the molecule is C=CC(=O)NCCCOC=O.CC1OC2CC1(C)n1c3ccccc3c3c4c(c5c6ccccc6n2c5c31)C(=O)NC4. The zero-order valence-electron chi connectivity index (χ0n) is 23.6. The normalized spacial score (nSPS) is 21.7. The molecule has 3 atom stereocenters. The highest BCUT2D eigenvalue weighted by atomic mass is 16.5. The lowest BCUT2D eigenvalue weighted by molar-refractivity contribution is -0.128. The summed E-state index contributed by atoms with van der Waals surface area (Å²) in [5, 5.41) is 10.3. The molecule has 0 spiro atoms. The van der Waals surface area contributed by atoms with Crippen LogP contribution in [0.5, 0.6) is 0 Å². The maximum Gasteiger partial charge on any atom is 0.293 e. The maximum absolute atomic E-state index is 13.1. The number of amides is 2. The zero-order valence-corrected chi connectivity index (χ0v) is 23.6. The van der Waals surface area contributed by atoms with Crippen LogP contribution in [0.2, 0.25) is 0 Å². The molecule has 214 valence electrons. The highest BCUT2D eigenvalue weighted by Gasteiger charge is 2.50. The van der Waals surface area contributed by atoms with Crippen LogP contribution in [0.15, 0.2) is 61.2 Å². The lowest BCUT2D eigenvalue weighted by Gasteiger charge is -2.31. The van der Waals surface area contributed by atoms with Crippen LogP contribution in [0.3, 0.4) is 0 Å². The van der Waals surface area contributed by atoms with E-state index in [1.807, 2.05) is 0 Å². The highest BCUT2D eigenvalue weighted by Crippen LogP contribution is 2.55. The standard InChI is InChI=1S/C26H21N3O2.C7H11NO3/c1-13-26(2)11-19(31-13)28-17-9-5-3-7-14(17)21-22-16(12-27-25(22)30)20-15-8-4-6-10-18(15)29(26)24(20)23(21)28;1-2-7(10)8-4-3-5-11-6-9/h3-10,13,19H,11-12H2,1-2H3,(H,27,30);2,6H,1,3-5H2,(H,8,10). The molecule has 3 aromatic carbocycles. The number of aromatic nitrogens is 2. The first-order valence-corrected chi connectivity index (χ1v) is 14.3. The monoisotopic (exact) mass is 564 g/mol. The van der Waals surface area contributed by atoms with Gasteiger partial charge in [-0.3, -0.25) is 14.4 Å². The molecule has 8 rings (SSSR count). The molecule has 5 heterocycles. The van der Waals surface area contributed by atoms with Crippen molar-refractivity contribution in [3.8, 4) is 0 Å². The summed E-state index contributed by atoms with van der Waals surface area (Å²) in [4.78, 5) is 33.3. The molecule has 3 unspecified atom stereocenters. The Bertz CT molecular complexity index is 1950. The van der Waals surface area contributed by atoms with Crippen molar-refractivity contribution in [2.24, 2.45) is 0 Å². The van der Waals surface area contributed by atoms with Crippen molar-refractivity contribution >= 4 is 61.9 Å². The minimum Gasteiger partial charge on any atom is -0.468 e. The minimum absolute atomic E-state index is 0.0338. The Morgan fingerprint density at radius 1 is 1.14 bits per heavy atom. The third-order valence-electron chi connectivity index (χ3n) is 9.13. The van der Waals surface area contributed by atoms with Crippen molar-refractivity contribution < 1.29 is 23.9 Å². The number of fused-ring (bicyclic) bond motifs is 13. The molecule has 0 saturated carbocycles. The van der Waals surface area contributed by atoms with E-state index in [4.69, 9.17) is 4.74 Å². The zero-order chi connectivity index (χ0) is 29.2. The fourth-order valence-corrected chi connectivity index (χ4v) is 7.17. The van der Waals surface area contributed by atoms with Crippen LogP contribution >= 0.6 is 0 Å². The predicted octanol–water partition coefficient (Wildman–Crippen LogP) is 5.03. The van der Waals surface area contributed by atoms with Crippen molar-refractivity contribution in [3.05, 3.63) is 72.3 Å². The molecule has 3 aliphatic rings. The van der Waals surface area contributed by atoms with E-state index in [-0.39, 0.29) is 29.7 Å². The van der Waals surface area contributed by atoms with Crippen LogP contribution in [-0.2, 0) is 31.1 Å². The van der Waals surface area contributed by atoms with Crippen LogP contribution in [0, 0.1) is 0 Å². The Morgan fingerprint density at radius 3 is 2.60 bits per heavy atom. The molecule has 9 nitrogen and oxygen atoms in total. The Balaban J connectivity index is 0.000000227. The van der Waals surface area contributed by atoms with Gasteiger partial charge in [-0.1, -0.05) is 43.0 Å². The summed E-state index contributed by atoms with van der Waals surface area (Å²) < 4.78 is 15.9. The number of nitrogens with one attached hydrogen (secondary N) is 2. The molecule has 2 N–H and O–H groups in total. The van der Waals surface area contributed by atoms with Gasteiger partial charge in [0.2, 0.25) is 5.91 Å². The summed E-state index contributed by atoms with van der Waals surface area (Å²) in [5.41, 5.74) is 6.59. The molecule has 2 amide bonds. The summed E-state index contributed by atoms with van der Waals surface area (Å²) in [6, 6.07) is 17.1. The van der Waals surface area contributed by atoms with Gasteiger partial charge >= 0.3 is 0 Å². The largest absolute Gasteiger partial charge is 0.468 e. The average molecular weight is 565 g/mol. The van der Waals surface area contributed by atoms with Gasteiger partial charge in [-0.2, -0.15) is 0 Å². The summed E-state index contributed by atoms with van der Waals surface area (Å²) in [6.07, 6.45) is 2.75. The number of nitrogens with zero attached hydrogens (tertiary/aromatic N) is 2. The summed E-state index contributed by atoms with van der Waals surface area (Å²) in [6.45, 7) is 9.61. The second-order valence-electron chi connectivity index (χ2n) is 11.3. The van der Waals surface area contributed by atoms with Crippen molar-refractivity contribution in [1.29, 1.82) is 0 Å². The smallest absolute Gasteiger partial charge is 0.293 e. The number of hydrogen-bond donors (Lipinski definition) is 2. The van der Waals surface area contributed by atoms with Gasteiger partial charge in [-0.25, -0.2) is 0 Å². The third kappa shape index (κ3) is 3.56. The second-order valence-corrected chi connectivity index (χ2v) is 11.3. The fraction of sp³-hybridized carbons (Fsp3) is 0.303. The van der Waals surface area contributed by atoms with Crippen molar-refractivity contribution in [2.45, 2.75) is 51.1 Å². The van der Waals surface area contributed by atoms with Gasteiger partial charge in [0.25, 0.3) is 12.4 Å². The number of benzene rings is 3. The van der Waals surface area contributed by atoms with E-state index in [0.717, 1.165) is 39.4 Å². The van der Waals surface area contributed by atoms with Gasteiger partial charge < -0.3 is 29.2 Å². The first-order valence-electron chi connectivity index (χ1n) is 14.3. The van der Waals surface area contributed by atoms with Crippen LogP contribution in [0.1, 0.15) is 48.8 Å². The molecular weight excluding hydrogens is 532 g/mol. The Labute approximate surface area is 242 Å². The van der Waals surface area contributed by atoms with Crippen molar-refractivity contribution in [3.63, 3.8) is 0 Å². The number of ether oxygens (including phenoxy) is 2. The molecule has 3 aliphatic heterocycles. The molecule has 1 saturated heterocycles. The van der Waals surface area contributed by atoms with Gasteiger partial charge in [0.05, 0.1) is 40.4 Å². The average Bonchev–Trinajstić information content (AvgIpc) is 3.71. The van der Waals surface area contributed by atoms with Crippen LogP contribution < -0.4 is 10.6 Å². The predicted molar refractivity (Wildman–Crippen MR) is 161 cm³/mol. The Kier molecular flexibility index (Phi) is 6.09. The highest BCUT2D eigenvalue weighted by molar-refractivity contribution is 6.31. The van der Waals surface area contributed by atoms with Crippen molar-refractivity contribution in [2.75, 3.05) is 13.2 Å². The number of para-hydroxylation sites is 2. The van der Waals surface area contributed by atoms with E-state index in [1.165, 1.54) is 27.9 Å². The molecule has 0 aliphatic carbocycles. The van der Waals surface area contributed by atoms with E-state index in [1.54, 1.807) is 0 Å². The number of rotatable bonds is 6. The molecule has 5 aromatic rings. The summed E-state index contributed by atoms with van der Waals surface area (Å²) >= 11 is 0. The fourth-order valence-electron chi connectivity index (χ4n) is 7.17. The Hall–Kier alpha value is -4.63. The van der Waals surface area contributed by atoms with E-state index in [2.05, 4.69) is 93.5 Å². The molecule has 2 bridgehead atoms. The van der Waals surface area contributed by atoms with E-state index in [9.17, 15) is 14.4 Å². The van der Waals surface area contributed by atoms with Crippen LogP contribution in [0.25, 0.3) is 43.6 Å². The second kappa shape index (κ2) is 9.73. The molecule has 42 heavy (non-hydrogen) atoms. The van der Waals surface area contributed by atoms with Crippen molar-refractivity contribution in [1.82, 2.24) is 19.8 Å².